The summed E-state index contributed by atoms with van der Waals surface area (Å²) in [4.78, 5) is 22.6. The Balaban J connectivity index is 2.52. The lowest BCUT2D eigenvalue weighted by molar-refractivity contribution is -0.274. The normalized spacial score (nSPS) is 10.4. The van der Waals surface area contributed by atoms with Crippen molar-refractivity contribution in [2.75, 3.05) is 13.2 Å². The van der Waals surface area contributed by atoms with Gasteiger partial charge < -0.3 is 14.8 Å². The van der Waals surface area contributed by atoms with Crippen LogP contribution < -0.4 is 10.1 Å². The summed E-state index contributed by atoms with van der Waals surface area (Å²) in [5.41, 5.74) is -0.0192. The molecule has 1 amide bonds. The Hall–Kier alpha value is -2.69. The molecule has 0 spiro atoms. The van der Waals surface area contributed by atoms with Crippen molar-refractivity contribution in [3.8, 4) is 18.1 Å². The fraction of sp³-hybridized carbons (Fsp3) is 0.231. The number of hydrogen-bond donors (Lipinski definition) is 1. The van der Waals surface area contributed by atoms with Crippen LogP contribution in [-0.4, -0.2) is 31.4 Å². The summed E-state index contributed by atoms with van der Waals surface area (Å²) in [6.07, 6.45) is 0.109. The monoisotopic (exact) mass is 301 g/mol. The van der Waals surface area contributed by atoms with Crippen LogP contribution in [0.15, 0.2) is 24.3 Å². The van der Waals surface area contributed by atoms with Gasteiger partial charge in [0.15, 0.2) is 6.61 Å². The Labute approximate surface area is 118 Å². The molecule has 1 aromatic carbocycles. The molecule has 0 saturated heterocycles. The molecule has 1 N–H and O–H groups in total. The van der Waals surface area contributed by atoms with Gasteiger partial charge in [0.2, 0.25) is 0 Å². The molecule has 0 saturated carbocycles. The number of esters is 1. The minimum absolute atomic E-state index is 0.000137. The molecule has 0 atom stereocenters. The van der Waals surface area contributed by atoms with Crippen LogP contribution in [0, 0.1) is 12.3 Å². The van der Waals surface area contributed by atoms with E-state index in [0.29, 0.717) is 0 Å². The van der Waals surface area contributed by atoms with E-state index in [1.165, 1.54) is 0 Å². The van der Waals surface area contributed by atoms with Crippen molar-refractivity contribution in [2.24, 2.45) is 0 Å². The SMILES string of the molecule is C#CCNC(=O)COC(=O)c1ccc(OC(F)(F)F)cc1. The number of rotatable bonds is 5. The minimum atomic E-state index is -4.81. The van der Waals surface area contributed by atoms with Gasteiger partial charge >= 0.3 is 12.3 Å². The molecule has 0 radical (unpaired) electrons. The third-order valence-corrected chi connectivity index (χ3v) is 2.05. The van der Waals surface area contributed by atoms with E-state index in [0.717, 1.165) is 24.3 Å². The summed E-state index contributed by atoms with van der Waals surface area (Å²) in [5.74, 6) is 0.256. The molecular formula is C13H10F3NO4. The molecule has 0 aromatic heterocycles. The quantitative estimate of drug-likeness (QED) is 0.661. The highest BCUT2D eigenvalue weighted by molar-refractivity contribution is 5.91. The maximum Gasteiger partial charge on any atom is 0.573 e. The molecule has 0 bridgehead atoms. The molecule has 0 heterocycles. The number of halogens is 3. The van der Waals surface area contributed by atoms with Crippen molar-refractivity contribution in [2.45, 2.75) is 6.36 Å². The first-order chi connectivity index (χ1) is 9.81. The van der Waals surface area contributed by atoms with Crippen molar-refractivity contribution in [3.63, 3.8) is 0 Å². The second-order valence-corrected chi connectivity index (χ2v) is 3.63. The average molecular weight is 301 g/mol. The molecule has 0 aliphatic rings. The van der Waals surface area contributed by atoms with Gasteiger partial charge in [-0.05, 0) is 24.3 Å². The molecule has 1 aromatic rings. The van der Waals surface area contributed by atoms with Crippen molar-refractivity contribution in [1.29, 1.82) is 0 Å². The first-order valence-electron chi connectivity index (χ1n) is 5.55. The number of hydrogen-bond acceptors (Lipinski definition) is 4. The van der Waals surface area contributed by atoms with Crippen molar-refractivity contribution in [1.82, 2.24) is 5.32 Å². The zero-order valence-corrected chi connectivity index (χ0v) is 10.6. The van der Waals surface area contributed by atoms with E-state index in [9.17, 15) is 22.8 Å². The number of nitrogens with one attached hydrogen (secondary N) is 1. The third kappa shape index (κ3) is 6.33. The van der Waals surface area contributed by atoms with Gasteiger partial charge in [0.05, 0.1) is 12.1 Å². The first-order valence-corrected chi connectivity index (χ1v) is 5.55. The molecule has 21 heavy (non-hydrogen) atoms. The minimum Gasteiger partial charge on any atom is -0.452 e. The standard InChI is InChI=1S/C13H10F3NO4/c1-2-7-17-11(18)8-20-12(19)9-3-5-10(6-4-9)21-13(14,15)16/h1,3-6H,7-8H2,(H,17,18). The van der Waals surface area contributed by atoms with Gasteiger partial charge in [0.1, 0.15) is 5.75 Å². The van der Waals surface area contributed by atoms with Crippen LogP contribution >= 0.6 is 0 Å². The second kappa shape index (κ2) is 7.19. The van der Waals surface area contributed by atoms with Gasteiger partial charge in [0.25, 0.3) is 5.91 Å². The van der Waals surface area contributed by atoms with Crippen molar-refractivity contribution in [3.05, 3.63) is 29.8 Å². The summed E-state index contributed by atoms with van der Waals surface area (Å²) >= 11 is 0. The van der Waals surface area contributed by atoms with Crippen LogP contribution in [0.1, 0.15) is 10.4 Å². The average Bonchev–Trinajstić information content (AvgIpc) is 2.41. The maximum absolute atomic E-state index is 11.9. The van der Waals surface area contributed by atoms with Crippen molar-refractivity contribution >= 4 is 11.9 Å². The number of carbonyl (C=O) groups excluding carboxylic acids is 2. The number of terminal acetylenes is 1. The van der Waals surface area contributed by atoms with Crippen molar-refractivity contribution < 1.29 is 32.2 Å². The van der Waals surface area contributed by atoms with Gasteiger partial charge in [-0.1, -0.05) is 5.92 Å². The van der Waals surface area contributed by atoms with Crippen LogP contribution in [0.25, 0.3) is 0 Å². The first kappa shape index (κ1) is 16.4. The van der Waals surface area contributed by atoms with E-state index in [1.54, 1.807) is 0 Å². The molecule has 0 aliphatic carbocycles. The lowest BCUT2D eigenvalue weighted by Crippen LogP contribution is -2.29. The van der Waals surface area contributed by atoms with Crippen LogP contribution in [-0.2, 0) is 9.53 Å². The molecule has 0 fully saturated rings. The fourth-order valence-corrected chi connectivity index (χ4v) is 1.21. The highest BCUT2D eigenvalue weighted by Gasteiger charge is 2.31. The maximum atomic E-state index is 11.9. The molecule has 0 unspecified atom stereocenters. The molecule has 1 rings (SSSR count). The van der Waals surface area contributed by atoms with E-state index in [4.69, 9.17) is 6.42 Å². The van der Waals surface area contributed by atoms with Crippen LogP contribution in [0.5, 0.6) is 5.75 Å². The highest BCUT2D eigenvalue weighted by Crippen LogP contribution is 2.22. The summed E-state index contributed by atoms with van der Waals surface area (Å²) in [6, 6.07) is 4.09. The zero-order valence-electron chi connectivity index (χ0n) is 10.6. The predicted octanol–water partition coefficient (Wildman–Crippen LogP) is 1.49. The van der Waals surface area contributed by atoms with Crippen LogP contribution in [0.2, 0.25) is 0 Å². The highest BCUT2D eigenvalue weighted by atomic mass is 19.4. The lowest BCUT2D eigenvalue weighted by atomic mass is 10.2. The number of benzene rings is 1. The molecule has 5 nitrogen and oxygen atoms in total. The fourth-order valence-electron chi connectivity index (χ4n) is 1.21. The Bertz CT molecular complexity index is 546. The van der Waals surface area contributed by atoms with E-state index < -0.39 is 30.6 Å². The van der Waals surface area contributed by atoms with Gasteiger partial charge in [-0.2, -0.15) is 0 Å². The summed E-state index contributed by atoms with van der Waals surface area (Å²) < 4.78 is 44.1. The van der Waals surface area contributed by atoms with E-state index in [1.807, 2.05) is 0 Å². The Morgan fingerprint density at radius 1 is 1.24 bits per heavy atom. The van der Waals surface area contributed by atoms with Crippen LogP contribution in [0.3, 0.4) is 0 Å². The summed E-state index contributed by atoms with van der Waals surface area (Å²) in [5, 5.41) is 2.28. The van der Waals surface area contributed by atoms with E-state index >= 15 is 0 Å². The molecular weight excluding hydrogens is 291 g/mol. The largest absolute Gasteiger partial charge is 0.573 e. The van der Waals surface area contributed by atoms with Gasteiger partial charge in [0, 0.05) is 0 Å². The predicted molar refractivity (Wildman–Crippen MR) is 65.3 cm³/mol. The number of ether oxygens (including phenoxy) is 2. The molecule has 112 valence electrons. The number of alkyl halides is 3. The zero-order chi connectivity index (χ0) is 15.9. The molecule has 8 heteroatoms. The van der Waals surface area contributed by atoms with Gasteiger partial charge in [-0.25, -0.2) is 4.79 Å². The Kier molecular flexibility index (Phi) is 5.60. The third-order valence-electron chi connectivity index (χ3n) is 2.05. The lowest BCUT2D eigenvalue weighted by Gasteiger charge is -2.09. The Morgan fingerprint density at radius 3 is 2.38 bits per heavy atom. The van der Waals surface area contributed by atoms with Gasteiger partial charge in [-0.15, -0.1) is 19.6 Å². The van der Waals surface area contributed by atoms with E-state index in [2.05, 4.69) is 20.7 Å². The van der Waals surface area contributed by atoms with Gasteiger partial charge in [-0.3, -0.25) is 4.79 Å². The summed E-state index contributed by atoms with van der Waals surface area (Å²) in [6.45, 7) is -0.540. The number of amides is 1. The smallest absolute Gasteiger partial charge is 0.452 e. The molecule has 0 aliphatic heterocycles. The topological polar surface area (TPSA) is 64.6 Å². The van der Waals surface area contributed by atoms with E-state index in [-0.39, 0.29) is 12.1 Å². The summed E-state index contributed by atoms with van der Waals surface area (Å²) in [7, 11) is 0. The number of carbonyl (C=O) groups is 2. The van der Waals surface area contributed by atoms with Crippen LogP contribution in [0.4, 0.5) is 13.2 Å². The second-order valence-electron chi connectivity index (χ2n) is 3.63. The Morgan fingerprint density at radius 2 is 1.86 bits per heavy atom.